The molecule has 0 heterocycles. The van der Waals surface area contributed by atoms with Crippen LogP contribution >= 0.6 is 0 Å². The van der Waals surface area contributed by atoms with Crippen LogP contribution in [0.25, 0.3) is 0 Å². The number of anilines is 1. The Labute approximate surface area is 98.7 Å². The largest absolute Gasteiger partial charge is 0.394 e. The number of hydrogen-bond acceptors (Lipinski definition) is 2. The molecule has 0 spiro atoms. The quantitative estimate of drug-likeness (QED) is 0.739. The van der Waals surface area contributed by atoms with Gasteiger partial charge in [0.2, 0.25) is 0 Å². The lowest BCUT2D eigenvalue weighted by atomic mass is 9.89. The van der Waals surface area contributed by atoms with E-state index in [0.717, 1.165) is 31.4 Å². The standard InChI is InChI=1S/C14H23NO/c1-3-10-14(12-16,11-4-2)15-13-8-6-5-7-9-13/h5-9,15-16H,3-4,10-12H2,1-2H3. The molecule has 0 bridgehead atoms. The minimum Gasteiger partial charge on any atom is -0.394 e. The first-order valence-electron chi connectivity index (χ1n) is 6.20. The van der Waals surface area contributed by atoms with E-state index < -0.39 is 0 Å². The lowest BCUT2D eigenvalue weighted by Gasteiger charge is -2.34. The zero-order chi connectivity index (χ0) is 11.9. The molecular weight excluding hydrogens is 198 g/mol. The first kappa shape index (κ1) is 13.0. The molecular formula is C14H23NO. The van der Waals surface area contributed by atoms with Gasteiger partial charge in [-0.1, -0.05) is 44.9 Å². The van der Waals surface area contributed by atoms with Crippen molar-refractivity contribution in [2.75, 3.05) is 11.9 Å². The summed E-state index contributed by atoms with van der Waals surface area (Å²) in [5.74, 6) is 0. The minimum atomic E-state index is -0.148. The molecule has 1 aromatic rings. The van der Waals surface area contributed by atoms with Crippen molar-refractivity contribution >= 4 is 5.69 Å². The average Bonchev–Trinajstić information content (AvgIpc) is 2.31. The summed E-state index contributed by atoms with van der Waals surface area (Å²) in [7, 11) is 0. The zero-order valence-corrected chi connectivity index (χ0v) is 10.4. The van der Waals surface area contributed by atoms with Gasteiger partial charge in [0.25, 0.3) is 0 Å². The maximum Gasteiger partial charge on any atom is 0.0661 e. The number of aliphatic hydroxyl groups is 1. The Hall–Kier alpha value is -1.02. The second-order valence-corrected chi connectivity index (χ2v) is 4.43. The van der Waals surface area contributed by atoms with Gasteiger partial charge in [-0.05, 0) is 25.0 Å². The van der Waals surface area contributed by atoms with E-state index in [2.05, 4.69) is 31.3 Å². The molecule has 0 atom stereocenters. The number of para-hydroxylation sites is 1. The Kier molecular flexibility index (Phi) is 5.33. The summed E-state index contributed by atoms with van der Waals surface area (Å²) in [5.41, 5.74) is 0.948. The molecule has 2 N–H and O–H groups in total. The van der Waals surface area contributed by atoms with E-state index in [1.165, 1.54) is 0 Å². The fourth-order valence-electron chi connectivity index (χ4n) is 2.23. The van der Waals surface area contributed by atoms with Gasteiger partial charge in [-0.2, -0.15) is 0 Å². The van der Waals surface area contributed by atoms with Crippen LogP contribution in [0.4, 0.5) is 5.69 Å². The van der Waals surface area contributed by atoms with Gasteiger partial charge in [-0.15, -0.1) is 0 Å². The van der Waals surface area contributed by atoms with E-state index in [1.54, 1.807) is 0 Å². The monoisotopic (exact) mass is 221 g/mol. The summed E-state index contributed by atoms with van der Waals surface area (Å²) in [6.07, 6.45) is 4.18. The lowest BCUT2D eigenvalue weighted by Crippen LogP contribution is -2.41. The van der Waals surface area contributed by atoms with E-state index in [9.17, 15) is 5.11 Å². The van der Waals surface area contributed by atoms with E-state index in [4.69, 9.17) is 0 Å². The number of aliphatic hydroxyl groups excluding tert-OH is 1. The molecule has 1 aromatic carbocycles. The summed E-state index contributed by atoms with van der Waals surface area (Å²) < 4.78 is 0. The normalized spacial score (nSPS) is 11.4. The maximum absolute atomic E-state index is 9.64. The van der Waals surface area contributed by atoms with E-state index in [0.29, 0.717) is 0 Å². The third-order valence-electron chi connectivity index (χ3n) is 2.94. The molecule has 0 aliphatic rings. The topological polar surface area (TPSA) is 32.3 Å². The Morgan fingerprint density at radius 1 is 1.06 bits per heavy atom. The summed E-state index contributed by atoms with van der Waals surface area (Å²) in [4.78, 5) is 0. The number of rotatable bonds is 7. The molecule has 0 fully saturated rings. The second kappa shape index (κ2) is 6.54. The first-order chi connectivity index (χ1) is 7.76. The summed E-state index contributed by atoms with van der Waals surface area (Å²) in [5, 5.41) is 13.1. The molecule has 0 saturated carbocycles. The van der Waals surface area contributed by atoms with Crippen LogP contribution in [-0.2, 0) is 0 Å². The van der Waals surface area contributed by atoms with Crippen LogP contribution in [0, 0.1) is 0 Å². The third kappa shape index (κ3) is 3.53. The summed E-state index contributed by atoms with van der Waals surface area (Å²) >= 11 is 0. The fourth-order valence-corrected chi connectivity index (χ4v) is 2.23. The Morgan fingerprint density at radius 2 is 1.62 bits per heavy atom. The Bertz CT molecular complexity index is 278. The molecule has 90 valence electrons. The van der Waals surface area contributed by atoms with E-state index in [-0.39, 0.29) is 12.1 Å². The van der Waals surface area contributed by atoms with Crippen LogP contribution in [0.1, 0.15) is 39.5 Å². The van der Waals surface area contributed by atoms with Crippen LogP contribution < -0.4 is 5.32 Å². The molecule has 1 rings (SSSR count). The molecule has 0 amide bonds. The Morgan fingerprint density at radius 3 is 2.06 bits per heavy atom. The molecule has 16 heavy (non-hydrogen) atoms. The van der Waals surface area contributed by atoms with Crippen molar-refractivity contribution in [3.05, 3.63) is 30.3 Å². The van der Waals surface area contributed by atoms with Crippen LogP contribution in [0.3, 0.4) is 0 Å². The van der Waals surface area contributed by atoms with Crippen LogP contribution in [0.5, 0.6) is 0 Å². The van der Waals surface area contributed by atoms with Gasteiger partial charge in [-0.3, -0.25) is 0 Å². The molecule has 0 aliphatic carbocycles. The number of hydrogen-bond donors (Lipinski definition) is 2. The van der Waals surface area contributed by atoms with Crippen LogP contribution in [0.15, 0.2) is 30.3 Å². The number of benzene rings is 1. The van der Waals surface area contributed by atoms with Crippen molar-refractivity contribution in [3.8, 4) is 0 Å². The predicted octanol–water partition coefficient (Wildman–Crippen LogP) is 3.43. The molecule has 0 radical (unpaired) electrons. The van der Waals surface area contributed by atoms with Gasteiger partial charge in [0.05, 0.1) is 12.1 Å². The Balaban J connectivity index is 2.76. The van der Waals surface area contributed by atoms with Gasteiger partial charge >= 0.3 is 0 Å². The SMILES string of the molecule is CCCC(CO)(CCC)Nc1ccccc1. The smallest absolute Gasteiger partial charge is 0.0661 e. The van der Waals surface area contributed by atoms with E-state index in [1.807, 2.05) is 18.2 Å². The molecule has 0 aromatic heterocycles. The fraction of sp³-hybridized carbons (Fsp3) is 0.571. The van der Waals surface area contributed by atoms with Crippen molar-refractivity contribution in [2.24, 2.45) is 0 Å². The predicted molar refractivity (Wildman–Crippen MR) is 69.7 cm³/mol. The first-order valence-corrected chi connectivity index (χ1v) is 6.20. The van der Waals surface area contributed by atoms with Gasteiger partial charge in [0, 0.05) is 5.69 Å². The van der Waals surface area contributed by atoms with Gasteiger partial charge in [0.15, 0.2) is 0 Å². The lowest BCUT2D eigenvalue weighted by molar-refractivity contribution is 0.192. The molecule has 2 nitrogen and oxygen atoms in total. The summed E-state index contributed by atoms with van der Waals surface area (Å²) in [6.45, 7) is 4.52. The maximum atomic E-state index is 9.64. The van der Waals surface area contributed by atoms with Gasteiger partial charge < -0.3 is 10.4 Å². The van der Waals surface area contributed by atoms with Crippen molar-refractivity contribution in [1.82, 2.24) is 0 Å². The highest BCUT2D eigenvalue weighted by Gasteiger charge is 2.26. The van der Waals surface area contributed by atoms with Crippen LogP contribution in [0.2, 0.25) is 0 Å². The van der Waals surface area contributed by atoms with Crippen molar-refractivity contribution in [2.45, 2.75) is 45.1 Å². The van der Waals surface area contributed by atoms with Crippen molar-refractivity contribution in [1.29, 1.82) is 0 Å². The van der Waals surface area contributed by atoms with Gasteiger partial charge in [-0.25, -0.2) is 0 Å². The number of nitrogens with one attached hydrogen (secondary N) is 1. The summed E-state index contributed by atoms with van der Waals surface area (Å²) in [6, 6.07) is 10.1. The molecule has 0 aliphatic heterocycles. The third-order valence-corrected chi connectivity index (χ3v) is 2.94. The average molecular weight is 221 g/mol. The highest BCUT2D eigenvalue weighted by Crippen LogP contribution is 2.24. The minimum absolute atomic E-state index is 0.148. The van der Waals surface area contributed by atoms with Gasteiger partial charge in [0.1, 0.15) is 0 Å². The molecule has 0 unspecified atom stereocenters. The molecule has 2 heteroatoms. The molecule has 0 saturated heterocycles. The highest BCUT2D eigenvalue weighted by molar-refractivity contribution is 5.45. The highest BCUT2D eigenvalue weighted by atomic mass is 16.3. The van der Waals surface area contributed by atoms with Crippen molar-refractivity contribution < 1.29 is 5.11 Å². The van der Waals surface area contributed by atoms with E-state index >= 15 is 0 Å². The second-order valence-electron chi connectivity index (χ2n) is 4.43. The van der Waals surface area contributed by atoms with Crippen LogP contribution in [-0.4, -0.2) is 17.3 Å². The van der Waals surface area contributed by atoms with Crippen molar-refractivity contribution in [3.63, 3.8) is 0 Å². The zero-order valence-electron chi connectivity index (χ0n) is 10.4.